The molecule has 5 aromatic carbocycles. The first-order valence-corrected chi connectivity index (χ1v) is 14.8. The normalized spacial score (nSPS) is 11.0. The van der Waals surface area contributed by atoms with E-state index in [0.717, 1.165) is 72.3 Å². The van der Waals surface area contributed by atoms with Gasteiger partial charge in [-0.2, -0.15) is 0 Å². The van der Waals surface area contributed by atoms with Gasteiger partial charge in [0.15, 0.2) is 5.65 Å². The molecule has 0 amide bonds. The summed E-state index contributed by atoms with van der Waals surface area (Å²) in [7, 11) is 0. The van der Waals surface area contributed by atoms with E-state index in [2.05, 4.69) is 70.2 Å². The van der Waals surface area contributed by atoms with Crippen molar-refractivity contribution in [2.45, 2.75) is 6.92 Å². The van der Waals surface area contributed by atoms with Crippen LogP contribution in [0.15, 0.2) is 144 Å². The molecule has 46 heavy (non-hydrogen) atoms. The molecule has 4 heterocycles. The fraction of sp³-hybridized carbons (Fsp3) is 0.0250. The van der Waals surface area contributed by atoms with Gasteiger partial charge in [0.05, 0.1) is 16.9 Å². The third-order valence-electron chi connectivity index (χ3n) is 7.93. The first-order valence-electron chi connectivity index (χ1n) is 14.8. The van der Waals surface area contributed by atoms with E-state index in [1.165, 1.54) is 0 Å². The quantitative estimate of drug-likeness (QED) is 0.168. The van der Waals surface area contributed by atoms with E-state index >= 15 is 0 Å². The Bertz CT molecular complexity index is 2400. The molecule has 0 aliphatic carbocycles. The Morgan fingerprint density at radius 2 is 1.37 bits per heavy atom. The van der Waals surface area contributed by atoms with Crippen LogP contribution < -0.4 is 0 Å². The maximum Gasteiger partial charge on any atom is 0.169 e. The Balaban J connectivity index is 0.000000220. The molecule has 1 radical (unpaired) electrons. The van der Waals surface area contributed by atoms with E-state index in [1.807, 2.05) is 91.9 Å². The zero-order valence-corrected chi connectivity index (χ0v) is 27.2. The van der Waals surface area contributed by atoms with Crippen molar-refractivity contribution in [2.75, 3.05) is 0 Å². The Hall–Kier alpha value is -5.42. The summed E-state index contributed by atoms with van der Waals surface area (Å²) < 4.78 is 8.51. The van der Waals surface area contributed by atoms with Gasteiger partial charge in [0.1, 0.15) is 5.58 Å². The number of nitrogens with zero attached hydrogens (tertiary/aromatic N) is 4. The SMILES string of the molecule is Cc1nc2nc(-c3[c-]ccc4c3oc3ccccc34)n(-c3ccccc3)c2c2ccccc12.[Ir].[c-]1ccccc1-c1ccccn1. The van der Waals surface area contributed by atoms with Crippen LogP contribution in [-0.2, 0) is 20.1 Å². The number of fused-ring (bicyclic) bond motifs is 6. The summed E-state index contributed by atoms with van der Waals surface area (Å²) >= 11 is 0. The van der Waals surface area contributed by atoms with Crippen LogP contribution in [0.5, 0.6) is 0 Å². The van der Waals surface area contributed by atoms with Crippen LogP contribution in [0, 0.1) is 19.1 Å². The van der Waals surface area contributed by atoms with Gasteiger partial charge < -0.3 is 14.0 Å². The van der Waals surface area contributed by atoms with E-state index in [-0.39, 0.29) is 20.1 Å². The third-order valence-corrected chi connectivity index (χ3v) is 7.93. The number of rotatable bonds is 3. The number of hydrogen-bond donors (Lipinski definition) is 0. The Morgan fingerprint density at radius 1 is 0.630 bits per heavy atom. The second-order valence-corrected chi connectivity index (χ2v) is 10.7. The molecule has 0 spiro atoms. The van der Waals surface area contributed by atoms with Crippen molar-refractivity contribution >= 4 is 43.9 Å². The number of hydrogen-bond acceptors (Lipinski definition) is 4. The average Bonchev–Trinajstić information content (AvgIpc) is 3.69. The number of imidazole rings is 1. The Labute approximate surface area is 279 Å². The fourth-order valence-electron chi connectivity index (χ4n) is 5.88. The van der Waals surface area contributed by atoms with E-state index in [4.69, 9.17) is 14.4 Å². The van der Waals surface area contributed by atoms with Gasteiger partial charge >= 0.3 is 0 Å². The van der Waals surface area contributed by atoms with Crippen LogP contribution in [0.4, 0.5) is 0 Å². The van der Waals surface area contributed by atoms with Crippen molar-refractivity contribution in [3.63, 3.8) is 0 Å². The third kappa shape index (κ3) is 5.18. The second kappa shape index (κ2) is 12.5. The maximum atomic E-state index is 6.33. The van der Waals surface area contributed by atoms with Crippen molar-refractivity contribution in [3.8, 4) is 28.3 Å². The summed E-state index contributed by atoms with van der Waals surface area (Å²) in [4.78, 5) is 14.2. The van der Waals surface area contributed by atoms with E-state index in [9.17, 15) is 0 Å². The first-order chi connectivity index (χ1) is 22.3. The second-order valence-electron chi connectivity index (χ2n) is 10.7. The molecule has 9 aromatic rings. The van der Waals surface area contributed by atoms with Crippen molar-refractivity contribution in [1.82, 2.24) is 19.5 Å². The van der Waals surface area contributed by atoms with Crippen LogP contribution in [0.1, 0.15) is 5.69 Å². The van der Waals surface area contributed by atoms with Gasteiger partial charge in [-0.15, -0.1) is 54.1 Å². The van der Waals surface area contributed by atoms with Crippen LogP contribution in [0.2, 0.25) is 0 Å². The summed E-state index contributed by atoms with van der Waals surface area (Å²) in [6, 6.07) is 51.0. The van der Waals surface area contributed by atoms with E-state index < -0.39 is 0 Å². The standard InChI is InChI=1S/C29H18N3O.C11H8N.Ir/c1-18-20-12-5-6-14-22(20)26-28(30-18)31-29(32(26)19-10-3-2-4-11-19)24-16-9-15-23-21-13-7-8-17-25(21)33-27(23)24;1-2-6-10(7-3-1)11-8-4-5-9-12-11;/h2-15,17H,1H3;1-6,8-9H;/q2*-1;. The van der Waals surface area contributed by atoms with Crippen molar-refractivity contribution in [1.29, 1.82) is 0 Å². The van der Waals surface area contributed by atoms with Gasteiger partial charge in [-0.05, 0) is 36.9 Å². The molecular weight excluding hydrogens is 745 g/mol. The van der Waals surface area contributed by atoms with Crippen molar-refractivity contribution in [2.24, 2.45) is 0 Å². The number of aryl methyl sites for hydroxylation is 1. The minimum atomic E-state index is 0. The molecule has 6 heteroatoms. The van der Waals surface area contributed by atoms with Gasteiger partial charge in [-0.1, -0.05) is 83.7 Å². The average molecular weight is 771 g/mol. The van der Waals surface area contributed by atoms with Gasteiger partial charge in [0.25, 0.3) is 0 Å². The smallest absolute Gasteiger partial charge is 0.169 e. The van der Waals surface area contributed by atoms with Gasteiger partial charge in [0.2, 0.25) is 0 Å². The van der Waals surface area contributed by atoms with Crippen molar-refractivity contribution < 1.29 is 24.5 Å². The molecule has 0 aliphatic rings. The predicted molar refractivity (Wildman–Crippen MR) is 181 cm³/mol. The van der Waals surface area contributed by atoms with Crippen LogP contribution in [-0.4, -0.2) is 19.5 Å². The van der Waals surface area contributed by atoms with Crippen LogP contribution in [0.25, 0.3) is 72.2 Å². The number of para-hydroxylation sites is 2. The summed E-state index contributed by atoms with van der Waals surface area (Å²) in [5, 5.41) is 4.39. The number of pyridine rings is 2. The van der Waals surface area contributed by atoms with E-state index in [1.54, 1.807) is 6.20 Å². The summed E-state index contributed by atoms with van der Waals surface area (Å²) in [5.41, 5.74) is 8.16. The zero-order chi connectivity index (χ0) is 30.2. The minimum absolute atomic E-state index is 0. The molecule has 0 bridgehead atoms. The summed E-state index contributed by atoms with van der Waals surface area (Å²) in [6.45, 7) is 2.04. The molecule has 4 aromatic heterocycles. The molecule has 0 N–H and O–H groups in total. The first kappa shape index (κ1) is 29.3. The van der Waals surface area contributed by atoms with Crippen LogP contribution in [0.3, 0.4) is 0 Å². The molecule has 0 aliphatic heterocycles. The molecule has 5 nitrogen and oxygen atoms in total. The van der Waals surface area contributed by atoms with Gasteiger partial charge in [0, 0.05) is 53.8 Å². The number of aromatic nitrogens is 4. The largest absolute Gasteiger partial charge is 0.501 e. The summed E-state index contributed by atoms with van der Waals surface area (Å²) in [5.74, 6) is 0.768. The van der Waals surface area contributed by atoms with E-state index in [0.29, 0.717) is 5.65 Å². The molecule has 0 unspecified atom stereocenters. The Morgan fingerprint density at radius 3 is 2.15 bits per heavy atom. The molecule has 0 saturated carbocycles. The molecule has 9 rings (SSSR count). The number of benzene rings is 5. The monoisotopic (exact) mass is 771 g/mol. The van der Waals surface area contributed by atoms with Gasteiger partial charge in [-0.3, -0.25) is 4.98 Å². The molecule has 0 saturated heterocycles. The number of furan rings is 1. The summed E-state index contributed by atoms with van der Waals surface area (Å²) in [6.07, 6.45) is 1.79. The predicted octanol–water partition coefficient (Wildman–Crippen LogP) is 9.79. The zero-order valence-electron chi connectivity index (χ0n) is 24.8. The molecular formula is C40H26IrN4O-2. The van der Waals surface area contributed by atoms with Gasteiger partial charge in [-0.25, -0.2) is 4.98 Å². The molecule has 0 atom stereocenters. The minimum Gasteiger partial charge on any atom is -0.501 e. The maximum absolute atomic E-state index is 6.33. The van der Waals surface area contributed by atoms with Crippen LogP contribution >= 0.6 is 0 Å². The topological polar surface area (TPSA) is 56.7 Å². The Kier molecular flexibility index (Phi) is 7.98. The van der Waals surface area contributed by atoms with Crippen molar-refractivity contribution in [3.05, 3.63) is 157 Å². The fourth-order valence-corrected chi connectivity index (χ4v) is 5.88. The molecule has 223 valence electrons. The molecule has 0 fully saturated rings.